The predicted octanol–water partition coefficient (Wildman–Crippen LogP) is 2.86. The maximum absolute atomic E-state index is 5.90. The predicted molar refractivity (Wildman–Crippen MR) is 51.2 cm³/mol. The van der Waals surface area contributed by atoms with E-state index >= 15 is 0 Å². The molecule has 2 nitrogen and oxygen atoms in total. The zero-order valence-corrected chi connectivity index (χ0v) is 7.10. The summed E-state index contributed by atoms with van der Waals surface area (Å²) in [6, 6.07) is 1.95. The zero-order chi connectivity index (χ0) is 8.55. The first-order chi connectivity index (χ1) is 5.81. The Bertz CT molecular complexity index is 431. The van der Waals surface area contributed by atoms with Crippen LogP contribution in [0.2, 0.25) is 5.02 Å². The van der Waals surface area contributed by atoms with E-state index < -0.39 is 0 Å². The van der Waals surface area contributed by atoms with Gasteiger partial charge >= 0.3 is 0 Å². The summed E-state index contributed by atoms with van der Waals surface area (Å²) < 4.78 is 0. The molecule has 60 valence electrons. The quantitative estimate of drug-likeness (QED) is 0.715. The fourth-order valence-corrected chi connectivity index (χ4v) is 1.30. The Hall–Kier alpha value is -1.28. The number of H-pyrrole nitrogens is 1. The Balaban J connectivity index is 2.79. The van der Waals surface area contributed by atoms with Crippen LogP contribution in [-0.4, -0.2) is 9.97 Å². The number of aromatic amines is 1. The number of aromatic nitrogens is 2. The van der Waals surface area contributed by atoms with Gasteiger partial charge in [-0.15, -0.1) is 0 Å². The Morgan fingerprint density at radius 2 is 2.42 bits per heavy atom. The van der Waals surface area contributed by atoms with Crippen LogP contribution >= 0.6 is 11.6 Å². The largest absolute Gasteiger partial charge is 0.345 e. The summed E-state index contributed by atoms with van der Waals surface area (Å²) in [6.07, 6.45) is 5.23. The molecule has 3 heteroatoms. The molecule has 0 atom stereocenters. The first kappa shape index (κ1) is 7.37. The Morgan fingerprint density at radius 1 is 1.58 bits per heavy atom. The van der Waals surface area contributed by atoms with Gasteiger partial charge in [-0.05, 0) is 11.6 Å². The van der Waals surface area contributed by atoms with Crippen molar-refractivity contribution in [2.45, 2.75) is 0 Å². The third-order valence-electron chi connectivity index (χ3n) is 1.74. The maximum atomic E-state index is 5.90. The molecule has 2 aromatic rings. The summed E-state index contributed by atoms with van der Waals surface area (Å²) in [5, 5.41) is 1.63. The smallest absolute Gasteiger partial charge is 0.138 e. The van der Waals surface area contributed by atoms with Crippen LogP contribution in [0.5, 0.6) is 0 Å². The minimum absolute atomic E-state index is 0.696. The van der Waals surface area contributed by atoms with Crippen molar-refractivity contribution in [3.8, 4) is 0 Å². The lowest BCUT2D eigenvalue weighted by molar-refractivity contribution is 1.32. The highest BCUT2D eigenvalue weighted by molar-refractivity contribution is 6.35. The molecular formula is C9H7ClN2. The number of rotatable bonds is 1. The van der Waals surface area contributed by atoms with Gasteiger partial charge in [-0.3, -0.25) is 0 Å². The molecule has 0 aromatic carbocycles. The molecule has 0 saturated heterocycles. The first-order valence-electron chi connectivity index (χ1n) is 3.56. The monoisotopic (exact) mass is 178 g/mol. The third-order valence-corrected chi connectivity index (χ3v) is 2.05. The summed E-state index contributed by atoms with van der Waals surface area (Å²) in [5.41, 5.74) is 1.79. The molecule has 0 radical (unpaired) electrons. The molecule has 0 saturated carbocycles. The zero-order valence-electron chi connectivity index (χ0n) is 6.34. The van der Waals surface area contributed by atoms with E-state index in [9.17, 15) is 0 Å². The highest BCUT2D eigenvalue weighted by atomic mass is 35.5. The summed E-state index contributed by atoms with van der Waals surface area (Å²) in [7, 11) is 0. The van der Waals surface area contributed by atoms with E-state index in [4.69, 9.17) is 11.6 Å². The van der Waals surface area contributed by atoms with E-state index in [1.54, 1.807) is 18.5 Å². The van der Waals surface area contributed by atoms with Crippen molar-refractivity contribution >= 4 is 28.7 Å². The summed E-state index contributed by atoms with van der Waals surface area (Å²) in [6.45, 7) is 3.66. The summed E-state index contributed by atoms with van der Waals surface area (Å²) in [5.74, 6) is 0. The Labute approximate surface area is 74.9 Å². The van der Waals surface area contributed by atoms with Crippen LogP contribution in [-0.2, 0) is 0 Å². The van der Waals surface area contributed by atoms with Gasteiger partial charge in [0.25, 0.3) is 0 Å². The number of halogens is 1. The van der Waals surface area contributed by atoms with Crippen molar-refractivity contribution in [2.75, 3.05) is 0 Å². The number of pyridine rings is 1. The van der Waals surface area contributed by atoms with E-state index in [1.807, 2.05) is 6.07 Å². The standard InChI is InChI=1S/C9H7ClN2/c1-2-6-3-7-8(10)5-12-9(7)11-4-6/h2-5H,1H2,(H,11,12). The highest BCUT2D eigenvalue weighted by Crippen LogP contribution is 2.22. The fraction of sp³-hybridized carbons (Fsp3) is 0. The lowest BCUT2D eigenvalue weighted by atomic mass is 10.2. The normalized spacial score (nSPS) is 10.4. The minimum atomic E-state index is 0.696. The molecule has 0 aliphatic heterocycles. The lowest BCUT2D eigenvalue weighted by Crippen LogP contribution is -1.77. The molecule has 0 unspecified atom stereocenters. The molecule has 0 aliphatic rings. The van der Waals surface area contributed by atoms with Gasteiger partial charge in [-0.25, -0.2) is 4.98 Å². The van der Waals surface area contributed by atoms with Gasteiger partial charge in [0.1, 0.15) is 5.65 Å². The van der Waals surface area contributed by atoms with Crippen LogP contribution in [0, 0.1) is 0 Å². The topological polar surface area (TPSA) is 28.7 Å². The van der Waals surface area contributed by atoms with Crippen LogP contribution in [0.25, 0.3) is 17.1 Å². The number of fused-ring (bicyclic) bond motifs is 1. The number of nitrogens with zero attached hydrogens (tertiary/aromatic N) is 1. The highest BCUT2D eigenvalue weighted by Gasteiger charge is 2.01. The van der Waals surface area contributed by atoms with E-state index in [0.717, 1.165) is 16.6 Å². The van der Waals surface area contributed by atoms with Gasteiger partial charge in [0.2, 0.25) is 0 Å². The van der Waals surface area contributed by atoms with Gasteiger partial charge in [0.15, 0.2) is 0 Å². The van der Waals surface area contributed by atoms with Crippen molar-refractivity contribution in [2.24, 2.45) is 0 Å². The molecule has 0 aliphatic carbocycles. The van der Waals surface area contributed by atoms with Gasteiger partial charge in [-0.2, -0.15) is 0 Å². The molecule has 0 bridgehead atoms. The molecule has 2 heterocycles. The van der Waals surface area contributed by atoms with Crippen LogP contribution < -0.4 is 0 Å². The number of nitrogens with one attached hydrogen (secondary N) is 1. The minimum Gasteiger partial charge on any atom is -0.345 e. The van der Waals surface area contributed by atoms with Crippen molar-refractivity contribution in [1.29, 1.82) is 0 Å². The number of hydrogen-bond acceptors (Lipinski definition) is 1. The van der Waals surface area contributed by atoms with Crippen molar-refractivity contribution in [3.63, 3.8) is 0 Å². The van der Waals surface area contributed by atoms with Crippen molar-refractivity contribution in [1.82, 2.24) is 9.97 Å². The molecule has 12 heavy (non-hydrogen) atoms. The van der Waals surface area contributed by atoms with Crippen LogP contribution in [0.1, 0.15) is 5.56 Å². The number of hydrogen-bond donors (Lipinski definition) is 1. The lowest BCUT2D eigenvalue weighted by Gasteiger charge is -1.92. The summed E-state index contributed by atoms with van der Waals surface area (Å²) in [4.78, 5) is 7.12. The molecule has 0 spiro atoms. The van der Waals surface area contributed by atoms with Gasteiger partial charge in [0.05, 0.1) is 5.02 Å². The first-order valence-corrected chi connectivity index (χ1v) is 3.94. The van der Waals surface area contributed by atoms with E-state index in [1.165, 1.54) is 0 Å². The SMILES string of the molecule is C=Cc1cnc2[nH]cc(Cl)c2c1. The second-order valence-corrected chi connectivity index (χ2v) is 2.91. The van der Waals surface area contributed by atoms with Crippen LogP contribution in [0.4, 0.5) is 0 Å². The van der Waals surface area contributed by atoms with Crippen molar-refractivity contribution in [3.05, 3.63) is 35.6 Å². The second kappa shape index (κ2) is 2.64. The Morgan fingerprint density at radius 3 is 3.17 bits per heavy atom. The van der Waals surface area contributed by atoms with Crippen molar-refractivity contribution < 1.29 is 0 Å². The van der Waals surface area contributed by atoms with E-state index in [2.05, 4.69) is 16.5 Å². The third kappa shape index (κ3) is 1.01. The molecule has 1 N–H and O–H groups in total. The molecule has 0 amide bonds. The molecule has 2 rings (SSSR count). The maximum Gasteiger partial charge on any atom is 0.138 e. The van der Waals surface area contributed by atoms with E-state index in [-0.39, 0.29) is 0 Å². The average Bonchev–Trinajstić information content (AvgIpc) is 2.47. The summed E-state index contributed by atoms with van der Waals surface area (Å²) >= 11 is 5.90. The molecular weight excluding hydrogens is 172 g/mol. The second-order valence-electron chi connectivity index (χ2n) is 2.51. The van der Waals surface area contributed by atoms with Crippen LogP contribution in [0.3, 0.4) is 0 Å². The van der Waals surface area contributed by atoms with Crippen LogP contribution in [0.15, 0.2) is 25.0 Å². The average molecular weight is 179 g/mol. The molecule has 0 fully saturated rings. The Kier molecular flexibility index (Phi) is 1.62. The van der Waals surface area contributed by atoms with Gasteiger partial charge in [-0.1, -0.05) is 24.3 Å². The van der Waals surface area contributed by atoms with Gasteiger partial charge in [0, 0.05) is 17.8 Å². The van der Waals surface area contributed by atoms with Gasteiger partial charge < -0.3 is 4.98 Å². The van der Waals surface area contributed by atoms with E-state index in [0.29, 0.717) is 5.02 Å². The molecule has 2 aromatic heterocycles. The fourth-order valence-electron chi connectivity index (χ4n) is 1.10.